The monoisotopic (exact) mass is 187 g/mol. The third-order valence-corrected chi connectivity index (χ3v) is 2.23. The van der Waals surface area contributed by atoms with Crippen molar-refractivity contribution in [2.24, 2.45) is 0 Å². The molecule has 1 fully saturated rings. The van der Waals surface area contributed by atoms with Crippen LogP contribution in [-0.4, -0.2) is 38.4 Å². The highest BCUT2D eigenvalue weighted by molar-refractivity contribution is 5.70. The molecule has 4 nitrogen and oxygen atoms in total. The first kappa shape index (κ1) is 10.5. The normalized spacial score (nSPS) is 27.5. The Labute approximate surface area is 78.6 Å². The average molecular weight is 187 g/mol. The van der Waals surface area contributed by atoms with Crippen LogP contribution in [-0.2, 0) is 14.3 Å². The average Bonchev–Trinajstić information content (AvgIpc) is 2.52. The summed E-state index contributed by atoms with van der Waals surface area (Å²) in [7, 11) is 1.69. The Morgan fingerprint density at radius 2 is 2.38 bits per heavy atom. The number of ether oxygens (including phenoxy) is 2. The van der Waals surface area contributed by atoms with Gasteiger partial charge in [-0.15, -0.1) is 0 Å². The first-order valence-electron chi connectivity index (χ1n) is 4.68. The summed E-state index contributed by atoms with van der Waals surface area (Å²) in [5.74, 6) is -0.128. The zero-order valence-electron chi connectivity index (χ0n) is 8.21. The molecule has 0 aromatic heterocycles. The van der Waals surface area contributed by atoms with E-state index >= 15 is 0 Å². The predicted molar refractivity (Wildman–Crippen MR) is 48.5 cm³/mol. The Bertz CT molecular complexity index is 172. The zero-order chi connectivity index (χ0) is 9.68. The molecule has 1 aliphatic rings. The highest BCUT2D eigenvalue weighted by atomic mass is 16.5. The van der Waals surface area contributed by atoms with Gasteiger partial charge in [0.05, 0.1) is 19.1 Å². The Balaban J connectivity index is 2.19. The Kier molecular flexibility index (Phi) is 4.18. The molecule has 0 amide bonds. The molecule has 1 saturated heterocycles. The van der Waals surface area contributed by atoms with Gasteiger partial charge in [-0.2, -0.15) is 0 Å². The van der Waals surface area contributed by atoms with Crippen molar-refractivity contribution < 1.29 is 14.3 Å². The molecule has 1 N–H and O–H groups in total. The van der Waals surface area contributed by atoms with Crippen molar-refractivity contribution in [2.75, 3.05) is 20.3 Å². The molecule has 1 aliphatic heterocycles. The van der Waals surface area contributed by atoms with Crippen molar-refractivity contribution in [3.05, 3.63) is 0 Å². The van der Waals surface area contributed by atoms with E-state index in [0.717, 1.165) is 13.0 Å². The minimum absolute atomic E-state index is 0.128. The summed E-state index contributed by atoms with van der Waals surface area (Å²) in [5.41, 5.74) is 0. The summed E-state index contributed by atoms with van der Waals surface area (Å²) in [6, 6.07) is 0.226. The fraction of sp³-hybridized carbons (Fsp3) is 0.889. The fourth-order valence-electron chi connectivity index (χ4n) is 1.54. The van der Waals surface area contributed by atoms with Crippen molar-refractivity contribution in [1.82, 2.24) is 5.32 Å². The summed E-state index contributed by atoms with van der Waals surface area (Å²) >= 11 is 0. The Hall–Kier alpha value is -0.610. The van der Waals surface area contributed by atoms with Gasteiger partial charge in [-0.1, -0.05) is 0 Å². The molecule has 13 heavy (non-hydrogen) atoms. The van der Waals surface area contributed by atoms with Crippen molar-refractivity contribution in [1.29, 1.82) is 0 Å². The number of esters is 1. The van der Waals surface area contributed by atoms with Crippen LogP contribution in [0.4, 0.5) is 0 Å². The van der Waals surface area contributed by atoms with E-state index in [1.807, 2.05) is 6.92 Å². The van der Waals surface area contributed by atoms with E-state index in [2.05, 4.69) is 5.32 Å². The lowest BCUT2D eigenvalue weighted by atomic mass is 10.1. The van der Waals surface area contributed by atoms with Gasteiger partial charge >= 0.3 is 5.97 Å². The van der Waals surface area contributed by atoms with E-state index in [4.69, 9.17) is 9.47 Å². The lowest BCUT2D eigenvalue weighted by Gasteiger charge is -2.08. The number of methoxy groups -OCH3 is 1. The maximum atomic E-state index is 11.1. The molecule has 1 heterocycles. The number of hydrogen-bond donors (Lipinski definition) is 1. The third-order valence-electron chi connectivity index (χ3n) is 2.23. The van der Waals surface area contributed by atoms with Crippen molar-refractivity contribution in [3.63, 3.8) is 0 Å². The maximum absolute atomic E-state index is 11.1. The number of nitrogens with one attached hydrogen (secondary N) is 1. The van der Waals surface area contributed by atoms with E-state index < -0.39 is 0 Å². The van der Waals surface area contributed by atoms with Gasteiger partial charge in [-0.25, -0.2) is 0 Å². The van der Waals surface area contributed by atoms with Crippen LogP contribution in [0.1, 0.15) is 19.8 Å². The predicted octanol–water partition coefficient (Wildman–Crippen LogP) is 0.317. The van der Waals surface area contributed by atoms with E-state index in [0.29, 0.717) is 13.0 Å². The molecule has 0 spiro atoms. The van der Waals surface area contributed by atoms with Crippen molar-refractivity contribution in [2.45, 2.75) is 31.9 Å². The number of carbonyl (C=O) groups is 1. The van der Waals surface area contributed by atoms with Crippen LogP contribution >= 0.6 is 0 Å². The Morgan fingerprint density at radius 1 is 1.62 bits per heavy atom. The molecule has 1 rings (SSSR count). The van der Waals surface area contributed by atoms with Crippen LogP contribution in [0.3, 0.4) is 0 Å². The van der Waals surface area contributed by atoms with Crippen LogP contribution in [0.5, 0.6) is 0 Å². The lowest BCUT2D eigenvalue weighted by molar-refractivity contribution is -0.143. The van der Waals surface area contributed by atoms with Gasteiger partial charge in [0.15, 0.2) is 0 Å². The molecule has 0 radical (unpaired) electrons. The van der Waals surface area contributed by atoms with Crippen LogP contribution in [0.25, 0.3) is 0 Å². The largest absolute Gasteiger partial charge is 0.466 e. The third kappa shape index (κ3) is 3.32. The molecule has 0 bridgehead atoms. The van der Waals surface area contributed by atoms with Crippen molar-refractivity contribution >= 4 is 5.97 Å². The molecule has 4 heteroatoms. The molecule has 0 unspecified atom stereocenters. The zero-order valence-corrected chi connectivity index (χ0v) is 8.21. The van der Waals surface area contributed by atoms with Crippen LogP contribution in [0.2, 0.25) is 0 Å². The summed E-state index contributed by atoms with van der Waals surface area (Å²) in [6.45, 7) is 3.11. The van der Waals surface area contributed by atoms with E-state index in [-0.39, 0.29) is 18.1 Å². The van der Waals surface area contributed by atoms with Crippen molar-refractivity contribution in [3.8, 4) is 0 Å². The van der Waals surface area contributed by atoms with E-state index in [9.17, 15) is 4.79 Å². The summed E-state index contributed by atoms with van der Waals surface area (Å²) in [6.07, 6.45) is 1.60. The second-order valence-electron chi connectivity index (χ2n) is 3.21. The first-order valence-corrected chi connectivity index (χ1v) is 4.68. The van der Waals surface area contributed by atoms with Crippen LogP contribution < -0.4 is 5.32 Å². The quantitative estimate of drug-likeness (QED) is 0.644. The minimum atomic E-state index is -0.128. The Morgan fingerprint density at radius 3 is 2.92 bits per heavy atom. The molecular weight excluding hydrogens is 170 g/mol. The van der Waals surface area contributed by atoms with Gasteiger partial charge in [0.2, 0.25) is 0 Å². The smallest absolute Gasteiger partial charge is 0.307 e. The molecule has 0 saturated carbocycles. The summed E-state index contributed by atoms with van der Waals surface area (Å²) < 4.78 is 10.0. The number of rotatable bonds is 4. The fourth-order valence-corrected chi connectivity index (χ4v) is 1.54. The summed E-state index contributed by atoms with van der Waals surface area (Å²) in [4.78, 5) is 11.1. The topological polar surface area (TPSA) is 47.6 Å². The first-order chi connectivity index (χ1) is 6.26. The lowest BCUT2D eigenvalue weighted by Crippen LogP contribution is -2.25. The molecule has 2 atom stereocenters. The van der Waals surface area contributed by atoms with E-state index in [1.165, 1.54) is 0 Å². The SMILES string of the molecule is CCOC(=O)C[C@H]1C[C@@H](OC)CN1. The summed E-state index contributed by atoms with van der Waals surface area (Å²) in [5, 5.41) is 3.22. The molecule has 0 aromatic rings. The molecular formula is C9H17NO3. The van der Waals surface area contributed by atoms with Gasteiger partial charge < -0.3 is 14.8 Å². The van der Waals surface area contributed by atoms with Gasteiger partial charge in [0.25, 0.3) is 0 Å². The number of hydrogen-bond acceptors (Lipinski definition) is 4. The maximum Gasteiger partial charge on any atom is 0.307 e. The van der Waals surface area contributed by atoms with Gasteiger partial charge in [0, 0.05) is 19.7 Å². The van der Waals surface area contributed by atoms with Crippen LogP contribution in [0.15, 0.2) is 0 Å². The van der Waals surface area contributed by atoms with E-state index in [1.54, 1.807) is 7.11 Å². The van der Waals surface area contributed by atoms with Gasteiger partial charge in [-0.05, 0) is 13.3 Å². The standard InChI is InChI=1S/C9H17NO3/c1-3-13-9(11)5-7-4-8(12-2)6-10-7/h7-8,10H,3-6H2,1-2H3/t7-,8-/m1/s1. The van der Waals surface area contributed by atoms with Gasteiger partial charge in [0.1, 0.15) is 0 Å². The second-order valence-corrected chi connectivity index (χ2v) is 3.21. The molecule has 0 aromatic carbocycles. The minimum Gasteiger partial charge on any atom is -0.466 e. The highest BCUT2D eigenvalue weighted by Crippen LogP contribution is 2.12. The highest BCUT2D eigenvalue weighted by Gasteiger charge is 2.25. The number of carbonyl (C=O) groups excluding carboxylic acids is 1. The molecule has 76 valence electrons. The molecule has 0 aliphatic carbocycles. The van der Waals surface area contributed by atoms with Gasteiger partial charge in [-0.3, -0.25) is 4.79 Å². The van der Waals surface area contributed by atoms with Crippen LogP contribution in [0, 0.1) is 0 Å². The second kappa shape index (κ2) is 5.19.